The first-order valence-electron chi connectivity index (χ1n) is 5.53. The number of carbonyl (C=O) groups is 2. The fraction of sp³-hybridized carbons (Fsp3) is 0.333. The van der Waals surface area contributed by atoms with Gasteiger partial charge in [0.2, 0.25) is 5.91 Å². The minimum atomic E-state index is -0.814. The largest absolute Gasteiger partial charge is 0.486 e. The third kappa shape index (κ3) is 2.70. The van der Waals surface area contributed by atoms with Crippen LogP contribution in [0.2, 0.25) is 0 Å². The molecule has 1 heterocycles. The Balaban J connectivity index is 2.59. The summed E-state index contributed by atoms with van der Waals surface area (Å²) in [5.74, 6) is -1.62. The molecule has 0 spiro atoms. The highest BCUT2D eigenvalue weighted by atomic mass is 79.9. The molecule has 0 aromatic heterocycles. The van der Waals surface area contributed by atoms with Gasteiger partial charge in [-0.2, -0.15) is 0 Å². The third-order valence-corrected chi connectivity index (χ3v) is 2.99. The molecule has 7 heteroatoms. The molecule has 19 heavy (non-hydrogen) atoms. The third-order valence-electron chi connectivity index (χ3n) is 2.49. The first-order chi connectivity index (χ1) is 9.04. The molecule has 1 aliphatic heterocycles. The van der Waals surface area contributed by atoms with Crippen LogP contribution in [0.1, 0.15) is 17.3 Å². The quantitative estimate of drug-likeness (QED) is 0.680. The van der Waals surface area contributed by atoms with Gasteiger partial charge < -0.3 is 14.8 Å². The molecule has 1 N–H and O–H groups in total. The first-order valence-corrected chi connectivity index (χ1v) is 6.65. The number of fused-ring (bicyclic) bond motifs is 1. The lowest BCUT2D eigenvalue weighted by Gasteiger charge is -2.21. The molecule has 0 radical (unpaired) electrons. The number of anilines is 1. The number of nitrogens with one attached hydrogen (secondary N) is 1. The van der Waals surface area contributed by atoms with Crippen molar-refractivity contribution in [2.24, 2.45) is 0 Å². The second kappa shape index (κ2) is 5.56. The summed E-state index contributed by atoms with van der Waals surface area (Å²) in [6.45, 7) is 1.78. The number of halogens is 2. The van der Waals surface area contributed by atoms with E-state index in [1.807, 2.05) is 0 Å². The van der Waals surface area contributed by atoms with E-state index in [9.17, 15) is 14.0 Å². The van der Waals surface area contributed by atoms with E-state index in [1.54, 1.807) is 0 Å². The van der Waals surface area contributed by atoms with Crippen LogP contribution in [0.15, 0.2) is 6.07 Å². The van der Waals surface area contributed by atoms with E-state index in [0.29, 0.717) is 0 Å². The van der Waals surface area contributed by atoms with Crippen molar-refractivity contribution in [3.63, 3.8) is 0 Å². The smallest absolute Gasteiger partial charge is 0.221 e. The Morgan fingerprint density at radius 2 is 2.11 bits per heavy atom. The maximum absolute atomic E-state index is 14.3. The van der Waals surface area contributed by atoms with Crippen LogP contribution in [0.25, 0.3) is 0 Å². The van der Waals surface area contributed by atoms with Crippen molar-refractivity contribution in [1.29, 1.82) is 0 Å². The topological polar surface area (TPSA) is 64.6 Å². The van der Waals surface area contributed by atoms with E-state index < -0.39 is 17.5 Å². The molecule has 5 nitrogen and oxygen atoms in total. The van der Waals surface area contributed by atoms with Gasteiger partial charge in [-0.05, 0) is 0 Å². The average Bonchev–Trinajstić information content (AvgIpc) is 2.37. The van der Waals surface area contributed by atoms with E-state index in [4.69, 9.17) is 9.47 Å². The summed E-state index contributed by atoms with van der Waals surface area (Å²) in [4.78, 5) is 22.9. The molecular weight excluding hydrogens is 321 g/mol. The molecule has 102 valence electrons. The molecule has 1 amide bonds. The fourth-order valence-corrected chi connectivity index (χ4v) is 2.05. The highest BCUT2D eigenvalue weighted by Gasteiger charge is 2.27. The van der Waals surface area contributed by atoms with Crippen molar-refractivity contribution in [3.8, 4) is 11.5 Å². The second-order valence-electron chi connectivity index (χ2n) is 3.88. The van der Waals surface area contributed by atoms with Crippen LogP contribution in [-0.2, 0) is 4.79 Å². The van der Waals surface area contributed by atoms with Crippen LogP contribution >= 0.6 is 15.9 Å². The number of hydrogen-bond acceptors (Lipinski definition) is 4. The van der Waals surface area contributed by atoms with Crippen molar-refractivity contribution in [1.82, 2.24) is 0 Å². The van der Waals surface area contributed by atoms with Gasteiger partial charge >= 0.3 is 0 Å². The molecule has 2 rings (SSSR count). The summed E-state index contributed by atoms with van der Waals surface area (Å²) >= 11 is 2.98. The van der Waals surface area contributed by atoms with Crippen molar-refractivity contribution >= 4 is 33.3 Å². The van der Waals surface area contributed by atoms with Gasteiger partial charge in [0, 0.05) is 13.0 Å². The summed E-state index contributed by atoms with van der Waals surface area (Å²) in [7, 11) is 0. The standard InChI is InChI=1S/C12H11BrFNO4/c1-6(16)15-7-4-9-12(19-3-2-18-9)11(14)10(7)8(17)5-13/h4H,2-3,5H2,1H3,(H,15,16). The number of hydrogen-bond donors (Lipinski definition) is 1. The Morgan fingerprint density at radius 1 is 1.42 bits per heavy atom. The van der Waals surface area contributed by atoms with E-state index >= 15 is 0 Å². The SMILES string of the molecule is CC(=O)Nc1cc2c(c(F)c1C(=O)CBr)OCCO2. The molecular formula is C12H11BrFNO4. The minimum Gasteiger partial charge on any atom is -0.486 e. The molecule has 0 saturated heterocycles. The van der Waals surface area contributed by atoms with Crippen molar-refractivity contribution in [2.45, 2.75) is 6.92 Å². The van der Waals surface area contributed by atoms with Crippen molar-refractivity contribution in [3.05, 3.63) is 17.4 Å². The second-order valence-corrected chi connectivity index (χ2v) is 4.44. The summed E-state index contributed by atoms with van der Waals surface area (Å²) in [5, 5.41) is 2.36. The van der Waals surface area contributed by atoms with Gasteiger partial charge in [-0.25, -0.2) is 4.39 Å². The zero-order valence-electron chi connectivity index (χ0n) is 10.1. The zero-order valence-corrected chi connectivity index (χ0v) is 11.7. The summed E-state index contributed by atoms with van der Waals surface area (Å²) in [6, 6.07) is 1.40. The molecule has 0 atom stereocenters. The van der Waals surface area contributed by atoms with E-state index in [-0.39, 0.29) is 41.3 Å². The molecule has 0 bridgehead atoms. The number of carbonyl (C=O) groups excluding carboxylic acids is 2. The normalized spacial score (nSPS) is 13.0. The predicted octanol–water partition coefficient (Wildman–Crippen LogP) is 2.13. The maximum Gasteiger partial charge on any atom is 0.221 e. The van der Waals surface area contributed by atoms with E-state index in [0.717, 1.165) is 0 Å². The van der Waals surface area contributed by atoms with E-state index in [2.05, 4.69) is 21.2 Å². The fourth-order valence-electron chi connectivity index (χ4n) is 1.77. The number of rotatable bonds is 3. The Bertz CT molecular complexity index is 547. The summed E-state index contributed by atoms with van der Waals surface area (Å²) in [6.07, 6.45) is 0. The van der Waals surface area contributed by atoms with Gasteiger partial charge in [0.05, 0.1) is 16.6 Å². The van der Waals surface area contributed by atoms with Crippen LogP contribution in [0.5, 0.6) is 11.5 Å². The molecule has 0 saturated carbocycles. The van der Waals surface area contributed by atoms with Crippen LogP contribution in [-0.4, -0.2) is 30.2 Å². The monoisotopic (exact) mass is 331 g/mol. The van der Waals surface area contributed by atoms with Gasteiger partial charge in [-0.3, -0.25) is 9.59 Å². The first kappa shape index (κ1) is 13.8. The molecule has 0 aliphatic carbocycles. The molecule has 0 unspecified atom stereocenters. The van der Waals surface area contributed by atoms with Crippen molar-refractivity contribution < 1.29 is 23.5 Å². The van der Waals surface area contributed by atoms with Gasteiger partial charge in [0.1, 0.15) is 13.2 Å². The highest BCUT2D eigenvalue weighted by Crippen LogP contribution is 2.39. The Morgan fingerprint density at radius 3 is 2.74 bits per heavy atom. The molecule has 1 aromatic rings. The van der Waals surface area contributed by atoms with Gasteiger partial charge in [0.15, 0.2) is 23.1 Å². The predicted molar refractivity (Wildman–Crippen MR) is 69.8 cm³/mol. The lowest BCUT2D eigenvalue weighted by atomic mass is 10.1. The Kier molecular flexibility index (Phi) is 4.04. The van der Waals surface area contributed by atoms with Crippen molar-refractivity contribution in [2.75, 3.05) is 23.9 Å². The number of alkyl halides is 1. The number of ether oxygens (including phenoxy) is 2. The lowest BCUT2D eigenvalue weighted by Crippen LogP contribution is -2.20. The zero-order chi connectivity index (χ0) is 14.0. The van der Waals surface area contributed by atoms with Crippen LogP contribution in [0.3, 0.4) is 0 Å². The number of ketones is 1. The number of amides is 1. The minimum absolute atomic E-state index is 0.0594. The molecule has 1 aromatic carbocycles. The number of Topliss-reactive ketones (excluding diaryl/α,β-unsaturated/α-hetero) is 1. The van der Waals surface area contributed by atoms with Crippen LogP contribution in [0.4, 0.5) is 10.1 Å². The summed E-state index contributed by atoms with van der Waals surface area (Å²) < 4.78 is 24.7. The maximum atomic E-state index is 14.3. The van der Waals surface area contributed by atoms with Gasteiger partial charge in [-0.15, -0.1) is 0 Å². The number of benzene rings is 1. The van der Waals surface area contributed by atoms with Crippen LogP contribution in [0, 0.1) is 5.82 Å². The Hall–Kier alpha value is -1.63. The van der Waals surface area contributed by atoms with Gasteiger partial charge in [-0.1, -0.05) is 15.9 Å². The molecule has 0 fully saturated rings. The Labute approximate surface area is 117 Å². The molecule has 1 aliphatic rings. The summed E-state index contributed by atoms with van der Waals surface area (Å²) in [5.41, 5.74) is -0.130. The van der Waals surface area contributed by atoms with E-state index in [1.165, 1.54) is 13.0 Å². The van der Waals surface area contributed by atoms with Gasteiger partial charge in [0.25, 0.3) is 0 Å². The lowest BCUT2D eigenvalue weighted by molar-refractivity contribution is -0.114. The average molecular weight is 332 g/mol. The highest BCUT2D eigenvalue weighted by molar-refractivity contribution is 9.09. The van der Waals surface area contributed by atoms with Crippen LogP contribution < -0.4 is 14.8 Å².